The Morgan fingerprint density at radius 3 is 2.35 bits per heavy atom. The summed E-state index contributed by atoms with van der Waals surface area (Å²) in [5.41, 5.74) is 1.35. The number of rotatable bonds is 7. The van der Waals surface area contributed by atoms with Gasteiger partial charge >= 0.3 is 0 Å². The van der Waals surface area contributed by atoms with Crippen LogP contribution in [0.1, 0.15) is 12.0 Å². The Kier molecular flexibility index (Phi) is 11.6. The van der Waals surface area contributed by atoms with Crippen LogP contribution in [0.5, 0.6) is 0 Å². The van der Waals surface area contributed by atoms with Gasteiger partial charge in [0.1, 0.15) is 0 Å². The Hall–Kier alpha value is -0.740. The second-order valence-corrected chi connectivity index (χ2v) is 5.22. The van der Waals surface area contributed by atoms with Crippen LogP contribution in [0, 0.1) is 0 Å². The summed E-state index contributed by atoms with van der Waals surface area (Å²) in [5.74, 6) is 1.14. The number of benzene rings is 1. The van der Waals surface area contributed by atoms with Gasteiger partial charge in [-0.3, -0.25) is 4.98 Å². The fourth-order valence-corrected chi connectivity index (χ4v) is 2.49. The summed E-state index contributed by atoms with van der Waals surface area (Å²) in [6, 6.07) is 14.6. The monoisotopic (exact) mass is 330 g/mol. The third kappa shape index (κ3) is 7.75. The number of nitrogens with zero attached hydrogens (tertiary/aromatic N) is 1. The molecule has 0 radical (unpaired) electrons. The van der Waals surface area contributed by atoms with E-state index < -0.39 is 0 Å². The highest BCUT2D eigenvalue weighted by Gasteiger charge is 1.94. The van der Waals surface area contributed by atoms with Gasteiger partial charge in [-0.05, 0) is 36.4 Å². The van der Waals surface area contributed by atoms with Gasteiger partial charge in [0.15, 0.2) is 0 Å². The summed E-state index contributed by atoms with van der Waals surface area (Å²) in [4.78, 5) is 5.31. The molecule has 0 saturated heterocycles. The average molecular weight is 331 g/mol. The molecule has 1 N–H and O–H groups in total. The molecule has 0 atom stereocenters. The molecule has 5 heteroatoms. The number of pyridine rings is 1. The van der Waals surface area contributed by atoms with Crippen molar-refractivity contribution in [2.75, 3.05) is 12.3 Å². The maximum absolute atomic E-state index is 4.01. The second-order valence-electron chi connectivity index (χ2n) is 4.05. The third-order valence-corrected chi connectivity index (χ3v) is 3.69. The molecule has 20 heavy (non-hydrogen) atoms. The molecule has 110 valence electrons. The van der Waals surface area contributed by atoms with Crippen LogP contribution in [0.2, 0.25) is 0 Å². The SMILES string of the molecule is Cl.Cl.c1ccc(CNCCCSc2ccncc2)cc1. The van der Waals surface area contributed by atoms with Crippen molar-refractivity contribution in [2.45, 2.75) is 17.9 Å². The molecule has 1 aromatic carbocycles. The Morgan fingerprint density at radius 1 is 0.950 bits per heavy atom. The van der Waals surface area contributed by atoms with Gasteiger partial charge in [-0.15, -0.1) is 36.6 Å². The van der Waals surface area contributed by atoms with E-state index in [0.29, 0.717) is 0 Å². The zero-order valence-corrected chi connectivity index (χ0v) is 13.6. The van der Waals surface area contributed by atoms with Crippen LogP contribution in [0.3, 0.4) is 0 Å². The highest BCUT2D eigenvalue weighted by Crippen LogP contribution is 2.16. The first-order valence-corrected chi connectivity index (χ1v) is 7.21. The summed E-state index contributed by atoms with van der Waals surface area (Å²) in [6.07, 6.45) is 4.87. The van der Waals surface area contributed by atoms with E-state index in [9.17, 15) is 0 Å². The number of hydrogen-bond acceptors (Lipinski definition) is 3. The van der Waals surface area contributed by atoms with Gasteiger partial charge in [-0.25, -0.2) is 0 Å². The molecule has 1 aromatic heterocycles. The molecule has 0 aliphatic carbocycles. The number of nitrogens with one attached hydrogen (secondary N) is 1. The highest BCUT2D eigenvalue weighted by molar-refractivity contribution is 7.99. The lowest BCUT2D eigenvalue weighted by Gasteiger charge is -2.04. The van der Waals surface area contributed by atoms with Crippen molar-refractivity contribution in [3.05, 3.63) is 60.4 Å². The van der Waals surface area contributed by atoms with Gasteiger partial charge < -0.3 is 5.32 Å². The van der Waals surface area contributed by atoms with E-state index in [1.54, 1.807) is 0 Å². The summed E-state index contributed by atoms with van der Waals surface area (Å²) in [6.45, 7) is 2.02. The van der Waals surface area contributed by atoms with E-state index in [-0.39, 0.29) is 24.8 Å². The predicted molar refractivity (Wildman–Crippen MR) is 92.2 cm³/mol. The fourth-order valence-electron chi connectivity index (χ4n) is 1.65. The molecular weight excluding hydrogens is 311 g/mol. The largest absolute Gasteiger partial charge is 0.313 e. The Bertz CT molecular complexity index is 397. The van der Waals surface area contributed by atoms with Crippen molar-refractivity contribution >= 4 is 36.6 Å². The first-order chi connectivity index (χ1) is 8.95. The predicted octanol–water partition coefficient (Wildman–Crippen LogP) is 4.20. The van der Waals surface area contributed by atoms with Crippen LogP contribution in [0.15, 0.2) is 59.8 Å². The number of thioether (sulfide) groups is 1. The fraction of sp³-hybridized carbons (Fsp3) is 0.267. The quantitative estimate of drug-likeness (QED) is 0.608. The Balaban J connectivity index is 0.00000180. The lowest BCUT2D eigenvalue weighted by molar-refractivity contribution is 0.679. The van der Waals surface area contributed by atoms with Crippen LogP contribution in [-0.2, 0) is 6.54 Å². The molecule has 0 fully saturated rings. The minimum Gasteiger partial charge on any atom is -0.313 e. The van der Waals surface area contributed by atoms with Crippen LogP contribution >= 0.6 is 36.6 Å². The van der Waals surface area contributed by atoms with Crippen molar-refractivity contribution < 1.29 is 0 Å². The lowest BCUT2D eigenvalue weighted by Crippen LogP contribution is -2.15. The minimum absolute atomic E-state index is 0. The van der Waals surface area contributed by atoms with E-state index in [1.807, 2.05) is 24.2 Å². The highest BCUT2D eigenvalue weighted by atomic mass is 35.5. The maximum Gasteiger partial charge on any atom is 0.0278 e. The van der Waals surface area contributed by atoms with Crippen molar-refractivity contribution in [1.82, 2.24) is 10.3 Å². The van der Waals surface area contributed by atoms with Crippen LogP contribution in [0.4, 0.5) is 0 Å². The second kappa shape index (κ2) is 12.0. The molecule has 0 bridgehead atoms. The summed E-state index contributed by atoms with van der Waals surface area (Å²) in [5, 5.41) is 3.46. The topological polar surface area (TPSA) is 24.9 Å². The maximum atomic E-state index is 4.01. The molecule has 0 saturated carbocycles. The van der Waals surface area contributed by atoms with E-state index in [1.165, 1.54) is 16.9 Å². The van der Waals surface area contributed by atoms with Crippen LogP contribution in [-0.4, -0.2) is 17.3 Å². The smallest absolute Gasteiger partial charge is 0.0278 e. The van der Waals surface area contributed by atoms with E-state index >= 15 is 0 Å². The van der Waals surface area contributed by atoms with Crippen molar-refractivity contribution in [2.24, 2.45) is 0 Å². The van der Waals surface area contributed by atoms with E-state index in [4.69, 9.17) is 0 Å². The molecule has 2 rings (SSSR count). The minimum atomic E-state index is 0. The number of aromatic nitrogens is 1. The molecule has 0 aliphatic heterocycles. The zero-order chi connectivity index (χ0) is 12.5. The van der Waals surface area contributed by atoms with Gasteiger partial charge in [0.2, 0.25) is 0 Å². The third-order valence-electron chi connectivity index (χ3n) is 2.59. The number of hydrogen-bond donors (Lipinski definition) is 1. The molecule has 2 nitrogen and oxygen atoms in total. The molecular formula is C15H20Cl2N2S. The summed E-state index contributed by atoms with van der Waals surface area (Å²) >= 11 is 1.89. The van der Waals surface area contributed by atoms with E-state index in [0.717, 1.165) is 18.8 Å². The van der Waals surface area contributed by atoms with Gasteiger partial charge in [0.25, 0.3) is 0 Å². The number of halogens is 2. The normalized spacial score (nSPS) is 9.40. The van der Waals surface area contributed by atoms with Gasteiger partial charge in [0, 0.05) is 23.8 Å². The van der Waals surface area contributed by atoms with E-state index in [2.05, 4.69) is 52.8 Å². The molecule has 2 aromatic rings. The Labute approximate surface area is 137 Å². The molecule has 1 heterocycles. The van der Waals surface area contributed by atoms with Crippen molar-refractivity contribution in [1.29, 1.82) is 0 Å². The zero-order valence-electron chi connectivity index (χ0n) is 11.2. The summed E-state index contributed by atoms with van der Waals surface area (Å²) in [7, 11) is 0. The van der Waals surface area contributed by atoms with Crippen LogP contribution in [0.25, 0.3) is 0 Å². The van der Waals surface area contributed by atoms with Crippen LogP contribution < -0.4 is 5.32 Å². The lowest BCUT2D eigenvalue weighted by atomic mass is 10.2. The molecule has 0 unspecified atom stereocenters. The van der Waals surface area contributed by atoms with Gasteiger partial charge in [-0.2, -0.15) is 0 Å². The Morgan fingerprint density at radius 2 is 1.65 bits per heavy atom. The van der Waals surface area contributed by atoms with Crippen molar-refractivity contribution in [3.8, 4) is 0 Å². The van der Waals surface area contributed by atoms with Crippen molar-refractivity contribution in [3.63, 3.8) is 0 Å². The first-order valence-electron chi connectivity index (χ1n) is 6.22. The molecule has 0 spiro atoms. The molecule has 0 aliphatic rings. The summed E-state index contributed by atoms with van der Waals surface area (Å²) < 4.78 is 0. The average Bonchev–Trinajstić information content (AvgIpc) is 2.45. The van der Waals surface area contributed by atoms with Gasteiger partial charge in [-0.1, -0.05) is 30.3 Å². The van der Waals surface area contributed by atoms with Gasteiger partial charge in [0.05, 0.1) is 0 Å². The standard InChI is InChI=1S/C15H18N2S.2ClH/c1-2-5-14(6-3-1)13-17-9-4-12-18-15-7-10-16-11-8-15;;/h1-3,5-8,10-11,17H,4,9,12-13H2;2*1H. The molecule has 0 amide bonds. The first kappa shape index (κ1) is 19.3.